The first kappa shape index (κ1) is 14.9. The lowest BCUT2D eigenvalue weighted by molar-refractivity contribution is 0.102. The number of thiazole rings is 1. The Morgan fingerprint density at radius 1 is 1.13 bits per heavy atom. The highest BCUT2D eigenvalue weighted by molar-refractivity contribution is 7.14. The molecule has 1 heterocycles. The van der Waals surface area contributed by atoms with Gasteiger partial charge in [-0.15, -0.1) is 11.3 Å². The van der Waals surface area contributed by atoms with Crippen molar-refractivity contribution in [2.75, 3.05) is 5.32 Å². The van der Waals surface area contributed by atoms with Crippen LogP contribution in [0.1, 0.15) is 15.9 Å². The molecule has 2 aromatic carbocycles. The van der Waals surface area contributed by atoms with Crippen LogP contribution in [0.4, 0.5) is 5.13 Å². The summed E-state index contributed by atoms with van der Waals surface area (Å²) in [5.74, 6) is -0.246. The zero-order chi connectivity index (χ0) is 16.1. The summed E-state index contributed by atoms with van der Waals surface area (Å²) in [4.78, 5) is 16.8. The minimum absolute atomic E-state index is 0.205. The maximum Gasteiger partial charge on any atom is 0.257 e. The number of carbonyl (C=O) groups is 1. The Labute approximate surface area is 138 Å². The first-order chi connectivity index (χ1) is 11.3. The van der Waals surface area contributed by atoms with E-state index in [0.29, 0.717) is 16.3 Å². The average molecular weight is 319 g/mol. The third-order valence-corrected chi connectivity index (χ3v) is 4.08. The zero-order valence-corrected chi connectivity index (χ0v) is 13.0. The third-order valence-electron chi connectivity index (χ3n) is 3.33. The fourth-order valence-electron chi connectivity index (χ4n) is 2.22. The first-order valence-electron chi connectivity index (χ1n) is 7.05. The third kappa shape index (κ3) is 3.44. The highest BCUT2D eigenvalue weighted by Crippen LogP contribution is 2.25. The molecule has 0 bridgehead atoms. The van der Waals surface area contributed by atoms with Gasteiger partial charge in [-0.3, -0.25) is 10.1 Å². The van der Waals surface area contributed by atoms with E-state index in [4.69, 9.17) is 5.26 Å². The van der Waals surface area contributed by atoms with E-state index in [1.165, 1.54) is 11.3 Å². The van der Waals surface area contributed by atoms with E-state index < -0.39 is 0 Å². The second-order valence-electron chi connectivity index (χ2n) is 4.85. The number of nitriles is 1. The van der Waals surface area contributed by atoms with Crippen LogP contribution in [0.3, 0.4) is 0 Å². The molecule has 0 saturated carbocycles. The molecule has 0 unspecified atom stereocenters. The van der Waals surface area contributed by atoms with Crippen LogP contribution in [0.2, 0.25) is 0 Å². The molecule has 3 aromatic rings. The molecule has 23 heavy (non-hydrogen) atoms. The van der Waals surface area contributed by atoms with Crippen molar-refractivity contribution in [3.63, 3.8) is 0 Å². The van der Waals surface area contributed by atoms with E-state index in [-0.39, 0.29) is 12.3 Å². The van der Waals surface area contributed by atoms with Crippen molar-refractivity contribution in [2.45, 2.75) is 6.42 Å². The molecule has 0 saturated heterocycles. The number of anilines is 1. The number of nitrogens with one attached hydrogen (secondary N) is 1. The summed E-state index contributed by atoms with van der Waals surface area (Å²) in [5, 5.41) is 14.1. The van der Waals surface area contributed by atoms with Gasteiger partial charge in [-0.25, -0.2) is 4.98 Å². The second-order valence-corrected chi connectivity index (χ2v) is 5.71. The number of hydrogen-bond donors (Lipinski definition) is 1. The maximum atomic E-state index is 12.4. The van der Waals surface area contributed by atoms with Crippen LogP contribution in [-0.4, -0.2) is 10.9 Å². The number of amides is 1. The monoisotopic (exact) mass is 319 g/mol. The van der Waals surface area contributed by atoms with E-state index >= 15 is 0 Å². The fraction of sp³-hybridized carbons (Fsp3) is 0.0556. The van der Waals surface area contributed by atoms with Crippen molar-refractivity contribution in [3.05, 3.63) is 71.1 Å². The molecule has 1 amide bonds. The molecule has 0 aliphatic carbocycles. The van der Waals surface area contributed by atoms with Crippen molar-refractivity contribution < 1.29 is 4.79 Å². The van der Waals surface area contributed by atoms with Gasteiger partial charge >= 0.3 is 0 Å². The van der Waals surface area contributed by atoms with E-state index in [0.717, 1.165) is 11.3 Å². The van der Waals surface area contributed by atoms with Gasteiger partial charge in [0.15, 0.2) is 5.13 Å². The molecule has 0 aliphatic rings. The lowest BCUT2D eigenvalue weighted by Crippen LogP contribution is -2.14. The molecule has 3 rings (SSSR count). The Kier molecular flexibility index (Phi) is 4.46. The van der Waals surface area contributed by atoms with Gasteiger partial charge in [0.1, 0.15) is 0 Å². The largest absolute Gasteiger partial charge is 0.298 e. The quantitative estimate of drug-likeness (QED) is 0.786. The number of rotatable bonds is 4. The topological polar surface area (TPSA) is 65.8 Å². The molecule has 0 radical (unpaired) electrons. The van der Waals surface area contributed by atoms with E-state index in [1.54, 1.807) is 18.2 Å². The van der Waals surface area contributed by atoms with Crippen molar-refractivity contribution in [3.8, 4) is 17.3 Å². The lowest BCUT2D eigenvalue weighted by atomic mass is 10.0. The maximum absolute atomic E-state index is 12.4. The van der Waals surface area contributed by atoms with Crippen LogP contribution in [0.25, 0.3) is 11.3 Å². The Balaban J connectivity index is 1.79. The van der Waals surface area contributed by atoms with Gasteiger partial charge in [0.05, 0.1) is 18.2 Å². The standard InChI is InChI=1S/C18H13N3OS/c19-11-10-13-6-4-5-9-15(13)17(22)21-18-20-16(12-23-18)14-7-2-1-3-8-14/h1-9,12H,10H2,(H,20,21,22). The van der Waals surface area contributed by atoms with Gasteiger partial charge in [-0.1, -0.05) is 48.5 Å². The molecule has 112 valence electrons. The second kappa shape index (κ2) is 6.86. The number of aromatic nitrogens is 1. The van der Waals surface area contributed by atoms with Crippen molar-refractivity contribution >= 4 is 22.4 Å². The van der Waals surface area contributed by atoms with E-state index in [1.807, 2.05) is 41.8 Å². The van der Waals surface area contributed by atoms with Crippen LogP contribution in [0.15, 0.2) is 60.0 Å². The molecule has 0 fully saturated rings. The smallest absolute Gasteiger partial charge is 0.257 e. The zero-order valence-electron chi connectivity index (χ0n) is 12.2. The first-order valence-corrected chi connectivity index (χ1v) is 7.93. The van der Waals surface area contributed by atoms with Crippen molar-refractivity contribution in [2.24, 2.45) is 0 Å². The van der Waals surface area contributed by atoms with Gasteiger partial charge in [-0.05, 0) is 11.6 Å². The SMILES string of the molecule is N#CCc1ccccc1C(=O)Nc1nc(-c2ccccc2)cs1. The average Bonchev–Trinajstić information content (AvgIpc) is 3.05. The van der Waals surface area contributed by atoms with Crippen LogP contribution in [0, 0.1) is 11.3 Å². The molecule has 0 aliphatic heterocycles. The molecule has 4 nitrogen and oxygen atoms in total. The lowest BCUT2D eigenvalue weighted by Gasteiger charge is -2.05. The Bertz CT molecular complexity index is 865. The van der Waals surface area contributed by atoms with Crippen LogP contribution < -0.4 is 5.32 Å². The van der Waals surface area contributed by atoms with Gasteiger partial charge in [-0.2, -0.15) is 5.26 Å². The number of nitrogens with zero attached hydrogens (tertiary/aromatic N) is 2. The Morgan fingerprint density at radius 3 is 2.65 bits per heavy atom. The Hall–Kier alpha value is -2.97. The summed E-state index contributed by atoms with van der Waals surface area (Å²) >= 11 is 1.38. The summed E-state index contributed by atoms with van der Waals surface area (Å²) in [6.45, 7) is 0. The molecule has 0 spiro atoms. The van der Waals surface area contributed by atoms with E-state index in [9.17, 15) is 4.79 Å². The summed E-state index contributed by atoms with van der Waals surface area (Å²) in [6.07, 6.45) is 0.205. The van der Waals surface area contributed by atoms with Crippen molar-refractivity contribution in [1.29, 1.82) is 5.26 Å². The minimum Gasteiger partial charge on any atom is -0.298 e. The summed E-state index contributed by atoms with van der Waals surface area (Å²) in [7, 11) is 0. The molecular weight excluding hydrogens is 306 g/mol. The summed E-state index contributed by atoms with van der Waals surface area (Å²) in [6, 6.07) is 19.0. The molecule has 1 N–H and O–H groups in total. The summed E-state index contributed by atoms with van der Waals surface area (Å²) < 4.78 is 0. The van der Waals surface area contributed by atoms with Crippen LogP contribution in [-0.2, 0) is 6.42 Å². The Morgan fingerprint density at radius 2 is 1.87 bits per heavy atom. The molecule has 1 aromatic heterocycles. The van der Waals surface area contributed by atoms with Gasteiger partial charge in [0, 0.05) is 16.5 Å². The van der Waals surface area contributed by atoms with Crippen molar-refractivity contribution in [1.82, 2.24) is 4.98 Å². The predicted octanol–water partition coefficient (Wildman–Crippen LogP) is 4.13. The fourth-order valence-corrected chi connectivity index (χ4v) is 2.93. The normalized spacial score (nSPS) is 10.0. The van der Waals surface area contributed by atoms with Gasteiger partial charge in [0.25, 0.3) is 5.91 Å². The van der Waals surface area contributed by atoms with Crippen LogP contribution >= 0.6 is 11.3 Å². The van der Waals surface area contributed by atoms with Gasteiger partial charge in [0.2, 0.25) is 0 Å². The summed E-state index contributed by atoms with van der Waals surface area (Å²) in [5.41, 5.74) is 3.06. The highest BCUT2D eigenvalue weighted by atomic mass is 32.1. The van der Waals surface area contributed by atoms with Crippen LogP contribution in [0.5, 0.6) is 0 Å². The van der Waals surface area contributed by atoms with Gasteiger partial charge < -0.3 is 0 Å². The molecule has 5 heteroatoms. The molecule has 0 atom stereocenters. The molecular formula is C18H13N3OS. The number of carbonyl (C=O) groups excluding carboxylic acids is 1. The predicted molar refractivity (Wildman–Crippen MR) is 91.3 cm³/mol. The number of benzene rings is 2. The van der Waals surface area contributed by atoms with E-state index in [2.05, 4.69) is 16.4 Å². The number of hydrogen-bond acceptors (Lipinski definition) is 4. The minimum atomic E-state index is -0.246. The highest BCUT2D eigenvalue weighted by Gasteiger charge is 2.13.